The van der Waals surface area contributed by atoms with Gasteiger partial charge < -0.3 is 20.1 Å². The minimum atomic E-state index is -0.523. The highest BCUT2D eigenvalue weighted by atomic mass is 16.5. The molecule has 0 atom stereocenters. The molecule has 0 aliphatic carbocycles. The van der Waals surface area contributed by atoms with Crippen LogP contribution < -0.4 is 10.9 Å². The van der Waals surface area contributed by atoms with E-state index >= 15 is 0 Å². The molecule has 0 fully saturated rings. The average Bonchev–Trinajstić information content (AvgIpc) is 2.57. The Labute approximate surface area is 133 Å². The Hall–Kier alpha value is -3.02. The SMILES string of the molecule is O=C(NCCC=Cc1c[nH]c(=O)c(O)c1)OCc1ccccc1. The number of alkyl carbamates (subject to hydrolysis) is 1. The van der Waals surface area contributed by atoms with Crippen molar-refractivity contribution in [3.8, 4) is 5.75 Å². The van der Waals surface area contributed by atoms with Crippen LogP contribution in [0.2, 0.25) is 0 Å². The van der Waals surface area contributed by atoms with Crippen molar-refractivity contribution >= 4 is 12.2 Å². The number of carbonyl (C=O) groups is 1. The molecule has 2 aromatic rings. The number of nitrogens with one attached hydrogen (secondary N) is 2. The molecule has 0 saturated heterocycles. The number of pyridine rings is 1. The van der Waals surface area contributed by atoms with Crippen molar-refractivity contribution in [2.24, 2.45) is 0 Å². The van der Waals surface area contributed by atoms with Gasteiger partial charge in [0.2, 0.25) is 0 Å². The van der Waals surface area contributed by atoms with Crippen LogP contribution in [0.15, 0.2) is 53.5 Å². The third-order valence-electron chi connectivity index (χ3n) is 3.01. The molecule has 2 rings (SSSR count). The summed E-state index contributed by atoms with van der Waals surface area (Å²) in [6.45, 7) is 0.665. The van der Waals surface area contributed by atoms with E-state index in [0.717, 1.165) is 5.56 Å². The van der Waals surface area contributed by atoms with Crippen molar-refractivity contribution in [1.29, 1.82) is 0 Å². The molecule has 6 heteroatoms. The molecule has 1 aromatic carbocycles. The molecule has 0 saturated carbocycles. The molecule has 0 bridgehead atoms. The first-order valence-corrected chi connectivity index (χ1v) is 7.18. The zero-order valence-corrected chi connectivity index (χ0v) is 12.5. The number of rotatable bonds is 6. The molecule has 1 heterocycles. The van der Waals surface area contributed by atoms with Crippen molar-refractivity contribution in [3.63, 3.8) is 0 Å². The lowest BCUT2D eigenvalue weighted by Gasteiger charge is -2.05. The quantitative estimate of drug-likeness (QED) is 0.714. The Bertz CT molecular complexity index is 723. The molecular weight excluding hydrogens is 296 g/mol. The normalized spacial score (nSPS) is 10.6. The van der Waals surface area contributed by atoms with E-state index in [0.29, 0.717) is 18.5 Å². The highest BCUT2D eigenvalue weighted by Crippen LogP contribution is 2.06. The third-order valence-corrected chi connectivity index (χ3v) is 3.01. The Kier molecular flexibility index (Phi) is 5.99. The van der Waals surface area contributed by atoms with Gasteiger partial charge in [-0.05, 0) is 23.6 Å². The summed E-state index contributed by atoms with van der Waals surface area (Å²) in [5, 5.41) is 11.9. The fourth-order valence-electron chi connectivity index (χ4n) is 1.84. The fourth-order valence-corrected chi connectivity index (χ4v) is 1.84. The third kappa shape index (κ3) is 5.70. The molecular formula is C17H18N2O4. The second-order valence-electron chi connectivity index (χ2n) is 4.83. The monoisotopic (exact) mass is 314 g/mol. The van der Waals surface area contributed by atoms with Crippen LogP contribution in [0.4, 0.5) is 4.79 Å². The largest absolute Gasteiger partial charge is 0.503 e. The van der Waals surface area contributed by atoms with Crippen LogP contribution in [0.25, 0.3) is 6.08 Å². The lowest BCUT2D eigenvalue weighted by molar-refractivity contribution is 0.140. The Morgan fingerprint density at radius 3 is 2.83 bits per heavy atom. The molecule has 0 radical (unpaired) electrons. The summed E-state index contributed by atoms with van der Waals surface area (Å²) in [5.41, 5.74) is 1.08. The van der Waals surface area contributed by atoms with Gasteiger partial charge in [0.1, 0.15) is 6.61 Å². The summed E-state index contributed by atoms with van der Waals surface area (Å²) in [7, 11) is 0. The predicted octanol–water partition coefficient (Wildman–Crippen LogP) is 2.41. The number of aromatic hydroxyl groups is 1. The first-order valence-electron chi connectivity index (χ1n) is 7.18. The summed E-state index contributed by atoms with van der Waals surface area (Å²) >= 11 is 0. The minimum absolute atomic E-state index is 0.235. The highest BCUT2D eigenvalue weighted by molar-refractivity contribution is 5.67. The van der Waals surface area contributed by atoms with Crippen LogP contribution in [0.5, 0.6) is 5.75 Å². The van der Waals surface area contributed by atoms with Crippen molar-refractivity contribution < 1.29 is 14.6 Å². The van der Waals surface area contributed by atoms with Crippen LogP contribution in [-0.4, -0.2) is 22.7 Å². The highest BCUT2D eigenvalue weighted by Gasteiger charge is 2.00. The maximum atomic E-state index is 11.5. The number of benzene rings is 1. The van der Waals surface area contributed by atoms with Gasteiger partial charge in [-0.15, -0.1) is 0 Å². The van der Waals surface area contributed by atoms with Crippen molar-refractivity contribution in [2.75, 3.05) is 6.54 Å². The van der Waals surface area contributed by atoms with Gasteiger partial charge in [-0.25, -0.2) is 4.79 Å². The molecule has 3 N–H and O–H groups in total. The van der Waals surface area contributed by atoms with Gasteiger partial charge >= 0.3 is 6.09 Å². The molecule has 0 unspecified atom stereocenters. The van der Waals surface area contributed by atoms with Gasteiger partial charge in [0, 0.05) is 12.7 Å². The minimum Gasteiger partial charge on any atom is -0.503 e. The van der Waals surface area contributed by atoms with E-state index < -0.39 is 11.7 Å². The Morgan fingerprint density at radius 2 is 2.09 bits per heavy atom. The van der Waals surface area contributed by atoms with Crippen LogP contribution in [0, 0.1) is 0 Å². The van der Waals surface area contributed by atoms with E-state index in [-0.39, 0.29) is 12.4 Å². The number of aromatic amines is 1. The van der Waals surface area contributed by atoms with Gasteiger partial charge in [0.15, 0.2) is 5.75 Å². The summed E-state index contributed by atoms with van der Waals surface area (Å²) in [4.78, 5) is 24.9. The average molecular weight is 314 g/mol. The standard InChI is InChI=1S/C17H18N2O4/c20-15-10-14(11-19-16(15)21)8-4-5-9-18-17(22)23-12-13-6-2-1-3-7-13/h1-4,6-8,10-11,20H,5,9,12H2,(H,18,22)(H,19,21). The van der Waals surface area contributed by atoms with Crippen LogP contribution in [0.1, 0.15) is 17.5 Å². The lowest BCUT2D eigenvalue weighted by Crippen LogP contribution is -2.24. The van der Waals surface area contributed by atoms with Gasteiger partial charge in [-0.1, -0.05) is 42.5 Å². The maximum Gasteiger partial charge on any atom is 0.407 e. The molecule has 1 amide bonds. The molecule has 23 heavy (non-hydrogen) atoms. The summed E-state index contributed by atoms with van der Waals surface area (Å²) < 4.78 is 5.07. The Morgan fingerprint density at radius 1 is 1.30 bits per heavy atom. The molecule has 120 valence electrons. The predicted molar refractivity (Wildman–Crippen MR) is 87.0 cm³/mol. The zero-order chi connectivity index (χ0) is 16.5. The first-order chi connectivity index (χ1) is 11.1. The molecule has 6 nitrogen and oxygen atoms in total. The molecule has 0 aliphatic heterocycles. The fraction of sp³-hybridized carbons (Fsp3) is 0.176. The van der Waals surface area contributed by atoms with Crippen LogP contribution in [0.3, 0.4) is 0 Å². The van der Waals surface area contributed by atoms with Crippen LogP contribution >= 0.6 is 0 Å². The molecule has 0 spiro atoms. The van der Waals surface area contributed by atoms with Crippen LogP contribution in [-0.2, 0) is 11.3 Å². The molecule has 0 aliphatic rings. The Balaban J connectivity index is 1.66. The summed E-state index contributed by atoms with van der Waals surface area (Å²) in [6, 6.07) is 10.8. The second kappa shape index (κ2) is 8.43. The number of hydrogen-bond acceptors (Lipinski definition) is 4. The zero-order valence-electron chi connectivity index (χ0n) is 12.5. The van der Waals surface area contributed by atoms with E-state index in [9.17, 15) is 14.7 Å². The van der Waals surface area contributed by atoms with Crippen molar-refractivity contribution in [1.82, 2.24) is 10.3 Å². The van der Waals surface area contributed by atoms with Crippen molar-refractivity contribution in [2.45, 2.75) is 13.0 Å². The van der Waals surface area contributed by atoms with E-state index in [2.05, 4.69) is 10.3 Å². The summed E-state index contributed by atoms with van der Waals surface area (Å²) in [5.74, 6) is -0.324. The van der Waals surface area contributed by atoms with E-state index in [1.807, 2.05) is 36.4 Å². The number of hydrogen-bond donors (Lipinski definition) is 3. The topological polar surface area (TPSA) is 91.4 Å². The first kappa shape index (κ1) is 16.4. The second-order valence-corrected chi connectivity index (χ2v) is 4.83. The smallest absolute Gasteiger partial charge is 0.407 e. The number of amides is 1. The maximum absolute atomic E-state index is 11.5. The molecule has 1 aromatic heterocycles. The number of aromatic nitrogens is 1. The lowest BCUT2D eigenvalue weighted by atomic mass is 10.2. The van der Waals surface area contributed by atoms with Crippen molar-refractivity contribution in [3.05, 3.63) is 70.2 Å². The van der Waals surface area contributed by atoms with Gasteiger partial charge in [0.05, 0.1) is 0 Å². The van der Waals surface area contributed by atoms with E-state index in [1.54, 1.807) is 6.08 Å². The van der Waals surface area contributed by atoms with E-state index in [1.165, 1.54) is 12.3 Å². The van der Waals surface area contributed by atoms with E-state index in [4.69, 9.17) is 4.74 Å². The van der Waals surface area contributed by atoms with Gasteiger partial charge in [-0.2, -0.15) is 0 Å². The number of ether oxygens (including phenoxy) is 1. The number of carbonyl (C=O) groups excluding carboxylic acids is 1. The summed E-state index contributed by atoms with van der Waals surface area (Å²) in [6.07, 6.45) is 5.20. The van der Waals surface area contributed by atoms with Gasteiger partial charge in [-0.3, -0.25) is 4.79 Å². The number of H-pyrrole nitrogens is 1. The van der Waals surface area contributed by atoms with Gasteiger partial charge in [0.25, 0.3) is 5.56 Å².